The zero-order valence-electron chi connectivity index (χ0n) is 16.2. The molecule has 2 N–H and O–H groups in total. The lowest BCUT2D eigenvalue weighted by Crippen LogP contribution is -2.69. The zero-order chi connectivity index (χ0) is 19.1. The molecule has 1 spiro atoms. The summed E-state index contributed by atoms with van der Waals surface area (Å²) in [5.74, 6) is 0.197. The molecule has 3 atom stereocenters. The van der Waals surface area contributed by atoms with Gasteiger partial charge in [-0.15, -0.1) is 0 Å². The van der Waals surface area contributed by atoms with E-state index < -0.39 is 12.1 Å². The Labute approximate surface area is 159 Å². The molecule has 154 valence electrons. The standard InChI is InChI=1S/C20H32F3N3O/c1-2-24-18(25-14-7-5-13(6-8-14)20(21,22)23)26-16-15-9-12-27-17(15)19(16)10-3-4-11-19/h13-17H,2-12H2,1H3,(H2,24,25,26). The number of nitrogens with zero attached hydrogens (tertiary/aromatic N) is 1. The van der Waals surface area contributed by atoms with Crippen molar-refractivity contribution in [3.8, 4) is 0 Å². The molecule has 0 aromatic rings. The minimum Gasteiger partial charge on any atom is -0.377 e. The fraction of sp³-hybridized carbons (Fsp3) is 0.950. The summed E-state index contributed by atoms with van der Waals surface area (Å²) in [4.78, 5) is 4.61. The molecule has 3 saturated carbocycles. The lowest BCUT2D eigenvalue weighted by atomic mass is 9.54. The van der Waals surface area contributed by atoms with E-state index in [1.807, 2.05) is 6.92 Å². The zero-order valence-corrected chi connectivity index (χ0v) is 16.2. The molecule has 0 aromatic carbocycles. The van der Waals surface area contributed by atoms with Crippen LogP contribution in [0.25, 0.3) is 0 Å². The smallest absolute Gasteiger partial charge is 0.377 e. The fourth-order valence-corrected chi connectivity index (χ4v) is 6.10. The Morgan fingerprint density at radius 3 is 2.41 bits per heavy atom. The predicted molar refractivity (Wildman–Crippen MR) is 98.6 cm³/mol. The summed E-state index contributed by atoms with van der Waals surface area (Å²) in [6, 6.07) is 0.466. The molecule has 1 heterocycles. The Hall–Kier alpha value is -0.980. The van der Waals surface area contributed by atoms with Crippen molar-refractivity contribution in [3.05, 3.63) is 0 Å². The predicted octanol–water partition coefficient (Wildman–Crippen LogP) is 4.01. The summed E-state index contributed by atoms with van der Waals surface area (Å²) in [6.45, 7) is 3.51. The Kier molecular flexibility index (Phi) is 5.34. The average Bonchev–Trinajstić information content (AvgIpc) is 3.28. The van der Waals surface area contributed by atoms with E-state index in [1.54, 1.807) is 0 Å². The molecular formula is C20H32F3N3O. The highest BCUT2D eigenvalue weighted by Crippen LogP contribution is 2.60. The number of fused-ring (bicyclic) bond motifs is 2. The summed E-state index contributed by atoms with van der Waals surface area (Å²) < 4.78 is 44.8. The van der Waals surface area contributed by atoms with Crippen molar-refractivity contribution in [2.75, 3.05) is 13.2 Å². The number of rotatable bonds is 3. The van der Waals surface area contributed by atoms with Crippen LogP contribution in [0.5, 0.6) is 0 Å². The second kappa shape index (κ2) is 7.45. The second-order valence-electron chi connectivity index (χ2n) is 8.86. The molecule has 27 heavy (non-hydrogen) atoms. The van der Waals surface area contributed by atoms with Crippen LogP contribution in [0.1, 0.15) is 64.7 Å². The topological polar surface area (TPSA) is 45.7 Å². The molecule has 3 unspecified atom stereocenters. The maximum atomic E-state index is 12.9. The van der Waals surface area contributed by atoms with Gasteiger partial charge in [-0.3, -0.25) is 4.99 Å². The van der Waals surface area contributed by atoms with E-state index in [0.29, 0.717) is 37.5 Å². The first-order chi connectivity index (χ1) is 12.9. The van der Waals surface area contributed by atoms with E-state index >= 15 is 0 Å². The van der Waals surface area contributed by atoms with Crippen molar-refractivity contribution in [1.29, 1.82) is 0 Å². The quantitative estimate of drug-likeness (QED) is 0.568. The van der Waals surface area contributed by atoms with E-state index in [1.165, 1.54) is 25.7 Å². The first kappa shape index (κ1) is 19.3. The maximum absolute atomic E-state index is 12.9. The van der Waals surface area contributed by atoms with E-state index in [0.717, 1.165) is 19.0 Å². The molecule has 4 aliphatic rings. The third kappa shape index (κ3) is 3.56. The Morgan fingerprint density at radius 1 is 1.07 bits per heavy atom. The van der Waals surface area contributed by atoms with Gasteiger partial charge in [-0.1, -0.05) is 12.8 Å². The Bertz CT molecular complexity index is 551. The van der Waals surface area contributed by atoms with Crippen molar-refractivity contribution in [2.45, 2.75) is 89.1 Å². The van der Waals surface area contributed by atoms with Crippen LogP contribution >= 0.6 is 0 Å². The van der Waals surface area contributed by atoms with Crippen molar-refractivity contribution in [3.63, 3.8) is 0 Å². The lowest BCUT2D eigenvalue weighted by molar-refractivity contribution is -0.182. The molecule has 0 aromatic heterocycles. The molecule has 7 heteroatoms. The van der Waals surface area contributed by atoms with Crippen LogP contribution in [-0.4, -0.2) is 43.5 Å². The number of alkyl halides is 3. The van der Waals surface area contributed by atoms with Crippen LogP contribution in [0.4, 0.5) is 13.2 Å². The molecule has 4 fully saturated rings. The van der Waals surface area contributed by atoms with Crippen molar-refractivity contribution in [1.82, 2.24) is 10.6 Å². The van der Waals surface area contributed by atoms with E-state index in [4.69, 9.17) is 4.74 Å². The number of nitrogens with one attached hydrogen (secondary N) is 2. The van der Waals surface area contributed by atoms with Gasteiger partial charge in [0.05, 0.1) is 12.0 Å². The van der Waals surface area contributed by atoms with E-state index in [-0.39, 0.29) is 24.3 Å². The number of hydrogen-bond acceptors (Lipinski definition) is 2. The van der Waals surface area contributed by atoms with Gasteiger partial charge in [-0.25, -0.2) is 0 Å². The highest BCUT2D eigenvalue weighted by atomic mass is 19.4. The van der Waals surface area contributed by atoms with Crippen LogP contribution in [0.2, 0.25) is 0 Å². The van der Waals surface area contributed by atoms with Gasteiger partial charge in [0.15, 0.2) is 5.96 Å². The van der Waals surface area contributed by atoms with Crippen LogP contribution in [0, 0.1) is 17.3 Å². The molecule has 4 rings (SSSR count). The van der Waals surface area contributed by atoms with E-state index in [9.17, 15) is 13.2 Å². The summed E-state index contributed by atoms with van der Waals surface area (Å²) in [5, 5.41) is 7.13. The molecular weight excluding hydrogens is 355 g/mol. The first-order valence-electron chi connectivity index (χ1n) is 10.7. The third-order valence-electron chi connectivity index (χ3n) is 7.43. The molecule has 4 nitrogen and oxygen atoms in total. The van der Waals surface area contributed by atoms with E-state index in [2.05, 4.69) is 15.6 Å². The van der Waals surface area contributed by atoms with Gasteiger partial charge in [-0.2, -0.15) is 13.2 Å². The third-order valence-corrected chi connectivity index (χ3v) is 7.43. The van der Waals surface area contributed by atoms with Crippen LogP contribution in [0.3, 0.4) is 0 Å². The Morgan fingerprint density at radius 2 is 1.78 bits per heavy atom. The number of hydrogen-bond donors (Lipinski definition) is 2. The molecule has 0 radical (unpaired) electrons. The molecule has 1 aliphatic heterocycles. The number of ether oxygens (including phenoxy) is 1. The normalized spacial score (nSPS) is 38.5. The summed E-state index contributed by atoms with van der Waals surface area (Å²) >= 11 is 0. The number of halogens is 3. The maximum Gasteiger partial charge on any atom is 0.391 e. The average molecular weight is 387 g/mol. The molecule has 3 aliphatic carbocycles. The second-order valence-corrected chi connectivity index (χ2v) is 8.86. The molecule has 0 amide bonds. The Balaban J connectivity index is 1.37. The number of guanidine groups is 1. The minimum absolute atomic E-state index is 0.0802. The van der Waals surface area contributed by atoms with Crippen molar-refractivity contribution < 1.29 is 17.9 Å². The summed E-state index contributed by atoms with van der Waals surface area (Å²) in [7, 11) is 0. The highest BCUT2D eigenvalue weighted by Gasteiger charge is 2.65. The van der Waals surface area contributed by atoms with Crippen molar-refractivity contribution in [2.24, 2.45) is 22.2 Å². The van der Waals surface area contributed by atoms with Gasteiger partial charge in [0.2, 0.25) is 0 Å². The summed E-state index contributed by atoms with van der Waals surface area (Å²) in [5.41, 5.74) is 0.241. The van der Waals surface area contributed by atoms with Gasteiger partial charge >= 0.3 is 6.18 Å². The van der Waals surface area contributed by atoms with Crippen LogP contribution in [0.15, 0.2) is 4.99 Å². The molecule has 1 saturated heterocycles. The van der Waals surface area contributed by atoms with Gasteiger partial charge < -0.3 is 15.4 Å². The van der Waals surface area contributed by atoms with Gasteiger partial charge in [0, 0.05) is 36.6 Å². The monoisotopic (exact) mass is 387 g/mol. The van der Waals surface area contributed by atoms with Gasteiger partial charge in [0.25, 0.3) is 0 Å². The SMILES string of the molecule is CCN=C(NC1CCC(C(F)(F)F)CC1)NC1C2CCOC2C12CCCC2. The fourth-order valence-electron chi connectivity index (χ4n) is 6.10. The first-order valence-corrected chi connectivity index (χ1v) is 10.7. The highest BCUT2D eigenvalue weighted by molar-refractivity contribution is 5.80. The van der Waals surface area contributed by atoms with Crippen LogP contribution < -0.4 is 10.6 Å². The lowest BCUT2D eigenvalue weighted by Gasteiger charge is -2.57. The largest absolute Gasteiger partial charge is 0.391 e. The minimum atomic E-state index is -4.05. The van der Waals surface area contributed by atoms with Crippen LogP contribution in [-0.2, 0) is 4.74 Å². The molecule has 0 bridgehead atoms. The summed E-state index contributed by atoms with van der Waals surface area (Å²) in [6.07, 6.45) is 3.92. The number of aliphatic imine (C=N–C) groups is 1. The van der Waals surface area contributed by atoms with Gasteiger partial charge in [-0.05, 0) is 51.9 Å². The van der Waals surface area contributed by atoms with Gasteiger partial charge in [0.1, 0.15) is 0 Å². The van der Waals surface area contributed by atoms with Crippen molar-refractivity contribution >= 4 is 5.96 Å².